The maximum absolute atomic E-state index is 11.1. The van der Waals surface area contributed by atoms with Crippen molar-refractivity contribution in [2.45, 2.75) is 11.8 Å². The topological polar surface area (TPSA) is 43.1 Å². The Labute approximate surface area is 85.3 Å². The molecular weight excluding hydrogens is 194 g/mol. The molecule has 0 amide bonds. The molecule has 2 aromatic rings. The quantitative estimate of drug-likeness (QED) is 0.761. The van der Waals surface area contributed by atoms with Crippen LogP contribution in [0.3, 0.4) is 0 Å². The minimum atomic E-state index is -1.39. The molecule has 0 saturated carbocycles. The molecule has 0 saturated heterocycles. The summed E-state index contributed by atoms with van der Waals surface area (Å²) in [6.07, 6.45) is 0. The lowest BCUT2D eigenvalue weighted by Crippen LogP contribution is -2.01. The van der Waals surface area contributed by atoms with Crippen LogP contribution in [0.4, 0.5) is 0 Å². The summed E-state index contributed by atoms with van der Waals surface area (Å²) < 4.78 is 11.1. The van der Waals surface area contributed by atoms with E-state index >= 15 is 0 Å². The standard InChI is InChI=1S/C11H11NOS/c1-8-2-3-9-4-5-11(14(12)13)7-10(9)6-8/h2-7H,12H2,1H3. The minimum absolute atomic E-state index is 0.670. The Bertz CT molecular complexity index is 508. The van der Waals surface area contributed by atoms with Crippen LogP contribution in [0.15, 0.2) is 41.3 Å². The van der Waals surface area contributed by atoms with E-state index in [1.54, 1.807) is 6.07 Å². The average molecular weight is 205 g/mol. The van der Waals surface area contributed by atoms with E-state index in [-0.39, 0.29) is 0 Å². The molecule has 3 heteroatoms. The Hall–Kier alpha value is -1.19. The maximum atomic E-state index is 11.1. The lowest BCUT2D eigenvalue weighted by molar-refractivity contribution is 0.684. The molecular formula is C11H11NOS. The van der Waals surface area contributed by atoms with Gasteiger partial charge in [-0.2, -0.15) is 0 Å². The molecule has 1 atom stereocenters. The van der Waals surface area contributed by atoms with Gasteiger partial charge in [0.1, 0.15) is 11.0 Å². The highest BCUT2D eigenvalue weighted by Gasteiger charge is 1.99. The highest BCUT2D eigenvalue weighted by atomic mass is 32.2. The third-order valence-corrected chi connectivity index (χ3v) is 2.92. The lowest BCUT2D eigenvalue weighted by atomic mass is 10.1. The highest BCUT2D eigenvalue weighted by Crippen LogP contribution is 2.18. The predicted molar refractivity (Wildman–Crippen MR) is 59.3 cm³/mol. The number of aryl methyl sites for hydroxylation is 1. The van der Waals surface area contributed by atoms with E-state index in [1.807, 2.05) is 25.1 Å². The van der Waals surface area contributed by atoms with Crippen LogP contribution in [-0.2, 0) is 11.0 Å². The van der Waals surface area contributed by atoms with Crippen LogP contribution >= 0.6 is 0 Å². The van der Waals surface area contributed by atoms with Gasteiger partial charge in [-0.15, -0.1) is 0 Å². The molecule has 0 bridgehead atoms. The lowest BCUT2D eigenvalue weighted by Gasteiger charge is -2.01. The highest BCUT2D eigenvalue weighted by molar-refractivity contribution is 7.82. The first kappa shape index (κ1) is 9.37. The summed E-state index contributed by atoms with van der Waals surface area (Å²) in [7, 11) is -1.39. The Morgan fingerprint density at radius 3 is 2.50 bits per heavy atom. The summed E-state index contributed by atoms with van der Waals surface area (Å²) in [5.74, 6) is 0. The number of nitrogens with two attached hydrogens (primary N) is 1. The fraction of sp³-hybridized carbons (Fsp3) is 0.0909. The van der Waals surface area contributed by atoms with Crippen molar-refractivity contribution in [2.75, 3.05) is 0 Å². The zero-order chi connectivity index (χ0) is 10.1. The van der Waals surface area contributed by atoms with E-state index in [9.17, 15) is 4.21 Å². The van der Waals surface area contributed by atoms with Crippen molar-refractivity contribution in [2.24, 2.45) is 5.14 Å². The molecule has 0 aliphatic heterocycles. The summed E-state index contributed by atoms with van der Waals surface area (Å²) in [5, 5.41) is 7.54. The summed E-state index contributed by atoms with van der Waals surface area (Å²) >= 11 is 0. The van der Waals surface area contributed by atoms with Gasteiger partial charge in [0, 0.05) is 0 Å². The van der Waals surface area contributed by atoms with Crippen molar-refractivity contribution in [1.82, 2.24) is 0 Å². The summed E-state index contributed by atoms with van der Waals surface area (Å²) in [6.45, 7) is 2.03. The predicted octanol–water partition coefficient (Wildman–Crippen LogP) is 2.13. The molecule has 14 heavy (non-hydrogen) atoms. The molecule has 2 aromatic carbocycles. The third kappa shape index (κ3) is 1.69. The van der Waals surface area contributed by atoms with Crippen LogP contribution in [0.2, 0.25) is 0 Å². The van der Waals surface area contributed by atoms with Gasteiger partial charge in [0.2, 0.25) is 0 Å². The fourth-order valence-corrected chi connectivity index (χ4v) is 1.91. The van der Waals surface area contributed by atoms with Crippen LogP contribution in [-0.4, -0.2) is 4.21 Å². The third-order valence-electron chi connectivity index (χ3n) is 2.20. The molecule has 0 aliphatic carbocycles. The van der Waals surface area contributed by atoms with Gasteiger partial charge in [-0.05, 0) is 29.8 Å². The van der Waals surface area contributed by atoms with Crippen molar-refractivity contribution >= 4 is 21.8 Å². The Morgan fingerprint density at radius 1 is 1.07 bits per heavy atom. The molecule has 2 N–H and O–H groups in total. The maximum Gasteiger partial charge on any atom is 0.122 e. The second kappa shape index (κ2) is 3.52. The van der Waals surface area contributed by atoms with E-state index in [0.29, 0.717) is 4.90 Å². The molecule has 1 unspecified atom stereocenters. The van der Waals surface area contributed by atoms with Crippen molar-refractivity contribution in [3.05, 3.63) is 42.0 Å². The Morgan fingerprint density at radius 2 is 1.79 bits per heavy atom. The van der Waals surface area contributed by atoms with Gasteiger partial charge in [0.15, 0.2) is 0 Å². The normalized spacial score (nSPS) is 13.0. The van der Waals surface area contributed by atoms with Gasteiger partial charge in [-0.3, -0.25) is 0 Å². The summed E-state index contributed by atoms with van der Waals surface area (Å²) in [6, 6.07) is 11.8. The van der Waals surface area contributed by atoms with Crippen molar-refractivity contribution in [1.29, 1.82) is 0 Å². The molecule has 0 aromatic heterocycles. The van der Waals surface area contributed by atoms with Crippen molar-refractivity contribution in [3.8, 4) is 0 Å². The summed E-state index contributed by atoms with van der Waals surface area (Å²) in [5.41, 5.74) is 1.19. The second-order valence-electron chi connectivity index (χ2n) is 3.31. The van der Waals surface area contributed by atoms with Gasteiger partial charge < -0.3 is 0 Å². The van der Waals surface area contributed by atoms with E-state index in [0.717, 1.165) is 10.8 Å². The SMILES string of the molecule is Cc1ccc2ccc(S(N)=O)cc2c1. The molecule has 72 valence electrons. The number of hydrogen-bond donors (Lipinski definition) is 1. The molecule has 0 spiro atoms. The number of benzene rings is 2. The van der Waals surface area contributed by atoms with Crippen molar-refractivity contribution < 1.29 is 4.21 Å². The van der Waals surface area contributed by atoms with Gasteiger partial charge in [0.05, 0.1) is 4.90 Å². The van der Waals surface area contributed by atoms with E-state index in [2.05, 4.69) is 12.1 Å². The Kier molecular flexibility index (Phi) is 2.35. The van der Waals surface area contributed by atoms with Crippen LogP contribution in [0, 0.1) is 6.92 Å². The molecule has 0 fully saturated rings. The molecule has 0 aliphatic rings. The van der Waals surface area contributed by atoms with Crippen molar-refractivity contribution in [3.63, 3.8) is 0 Å². The largest absolute Gasteiger partial charge is 0.248 e. The molecule has 2 nitrogen and oxygen atoms in total. The summed E-state index contributed by atoms with van der Waals surface area (Å²) in [4.78, 5) is 0.670. The first-order valence-corrected chi connectivity index (χ1v) is 5.55. The van der Waals surface area contributed by atoms with E-state index in [4.69, 9.17) is 5.14 Å². The number of rotatable bonds is 1. The second-order valence-corrected chi connectivity index (χ2v) is 4.38. The van der Waals surface area contributed by atoms with Crippen LogP contribution in [0.1, 0.15) is 5.56 Å². The minimum Gasteiger partial charge on any atom is -0.248 e. The molecule has 0 radical (unpaired) electrons. The smallest absolute Gasteiger partial charge is 0.122 e. The zero-order valence-electron chi connectivity index (χ0n) is 7.86. The fourth-order valence-electron chi connectivity index (χ4n) is 1.47. The monoisotopic (exact) mass is 205 g/mol. The first-order chi connectivity index (χ1) is 6.66. The van der Waals surface area contributed by atoms with Gasteiger partial charge in [0.25, 0.3) is 0 Å². The van der Waals surface area contributed by atoms with Gasteiger partial charge in [-0.25, -0.2) is 9.35 Å². The van der Waals surface area contributed by atoms with E-state index in [1.165, 1.54) is 5.56 Å². The molecule has 0 heterocycles. The van der Waals surface area contributed by atoms with Gasteiger partial charge in [-0.1, -0.05) is 29.8 Å². The average Bonchev–Trinajstić information content (AvgIpc) is 2.16. The first-order valence-electron chi connectivity index (χ1n) is 4.33. The van der Waals surface area contributed by atoms with E-state index < -0.39 is 11.0 Å². The number of fused-ring (bicyclic) bond motifs is 1. The number of hydrogen-bond acceptors (Lipinski definition) is 1. The Balaban J connectivity index is 2.69. The molecule has 2 rings (SSSR count). The van der Waals surface area contributed by atoms with Crippen LogP contribution in [0.25, 0.3) is 10.8 Å². The van der Waals surface area contributed by atoms with Crippen LogP contribution in [0.5, 0.6) is 0 Å². The zero-order valence-corrected chi connectivity index (χ0v) is 8.67. The van der Waals surface area contributed by atoms with Crippen LogP contribution < -0.4 is 5.14 Å². The van der Waals surface area contributed by atoms with Gasteiger partial charge >= 0.3 is 0 Å².